The highest BCUT2D eigenvalue weighted by Crippen LogP contribution is 2.13. The highest BCUT2D eigenvalue weighted by atomic mass is 15.3. The average molecular weight is 202 g/mol. The highest BCUT2D eigenvalue weighted by Gasteiger charge is 1.99. The molecule has 15 heavy (non-hydrogen) atoms. The zero-order valence-corrected chi connectivity index (χ0v) is 9.86. The van der Waals surface area contributed by atoms with Gasteiger partial charge in [0.2, 0.25) is 0 Å². The molecule has 2 aromatic rings. The first kappa shape index (κ1) is 11.5. The molecule has 2 rings (SSSR count). The van der Waals surface area contributed by atoms with Crippen LogP contribution in [0, 0.1) is 13.8 Å². The Bertz CT molecular complexity index is 402. The highest BCUT2D eigenvalue weighted by molar-refractivity contribution is 5.41. The molecule has 0 saturated carbocycles. The fraction of sp³-hybridized carbons (Fsp3) is 0.308. The van der Waals surface area contributed by atoms with Crippen LogP contribution >= 0.6 is 0 Å². The molecule has 0 aliphatic rings. The molecule has 0 fully saturated rings. The zero-order valence-electron chi connectivity index (χ0n) is 9.86. The van der Waals surface area contributed by atoms with Crippen molar-refractivity contribution in [3.8, 4) is 5.69 Å². The lowest BCUT2D eigenvalue weighted by atomic mass is 10.1. The zero-order chi connectivity index (χ0) is 11.3. The van der Waals surface area contributed by atoms with Crippen LogP contribution in [0.1, 0.15) is 25.0 Å². The van der Waals surface area contributed by atoms with Gasteiger partial charge in [-0.2, -0.15) is 5.10 Å². The van der Waals surface area contributed by atoms with Gasteiger partial charge in [-0.1, -0.05) is 31.5 Å². The van der Waals surface area contributed by atoms with E-state index < -0.39 is 0 Å². The lowest BCUT2D eigenvalue weighted by Gasteiger charge is -2.05. The van der Waals surface area contributed by atoms with Crippen LogP contribution in [-0.4, -0.2) is 9.78 Å². The Hall–Kier alpha value is -1.57. The quantitative estimate of drug-likeness (QED) is 0.692. The van der Waals surface area contributed by atoms with Crippen LogP contribution in [-0.2, 0) is 0 Å². The first-order chi connectivity index (χ1) is 7.27. The summed E-state index contributed by atoms with van der Waals surface area (Å²) in [4.78, 5) is 0. The second-order valence-electron chi connectivity index (χ2n) is 3.24. The number of rotatable bonds is 1. The molecular formula is C13H18N2. The third kappa shape index (κ3) is 2.69. The second kappa shape index (κ2) is 5.35. The molecule has 1 aromatic heterocycles. The Morgan fingerprint density at radius 2 is 1.87 bits per heavy atom. The van der Waals surface area contributed by atoms with Crippen LogP contribution in [0.15, 0.2) is 36.7 Å². The van der Waals surface area contributed by atoms with Gasteiger partial charge in [-0.15, -0.1) is 0 Å². The van der Waals surface area contributed by atoms with Crippen molar-refractivity contribution >= 4 is 0 Å². The minimum absolute atomic E-state index is 1.15. The summed E-state index contributed by atoms with van der Waals surface area (Å²) in [6.07, 6.45) is 3.75. The van der Waals surface area contributed by atoms with Gasteiger partial charge in [-0.25, -0.2) is 4.68 Å². The van der Waals surface area contributed by atoms with Gasteiger partial charge >= 0.3 is 0 Å². The summed E-state index contributed by atoms with van der Waals surface area (Å²) in [5.41, 5.74) is 3.69. The Morgan fingerprint density at radius 3 is 2.40 bits per heavy atom. The summed E-state index contributed by atoms with van der Waals surface area (Å²) in [6.45, 7) is 8.20. The maximum Gasteiger partial charge on any atom is 0.0674 e. The third-order valence-corrected chi connectivity index (χ3v) is 2.10. The Kier molecular flexibility index (Phi) is 4.10. The van der Waals surface area contributed by atoms with Crippen molar-refractivity contribution in [3.05, 3.63) is 47.8 Å². The summed E-state index contributed by atoms with van der Waals surface area (Å²) in [6, 6.07) is 8.29. The molecule has 0 aliphatic heterocycles. The molecule has 0 N–H and O–H groups in total. The van der Waals surface area contributed by atoms with Crippen molar-refractivity contribution in [2.45, 2.75) is 27.7 Å². The molecule has 1 heterocycles. The SMILES string of the molecule is CC.Cc1ccc(-n2cccn2)c(C)c1. The van der Waals surface area contributed by atoms with E-state index in [1.807, 2.05) is 30.8 Å². The first-order valence-electron chi connectivity index (χ1n) is 5.34. The van der Waals surface area contributed by atoms with Crippen molar-refractivity contribution in [2.24, 2.45) is 0 Å². The molecule has 0 saturated heterocycles. The van der Waals surface area contributed by atoms with E-state index in [1.54, 1.807) is 6.20 Å². The standard InChI is InChI=1S/C11H12N2.C2H6/c1-9-4-5-11(10(2)8-9)13-7-3-6-12-13;1-2/h3-8H,1-2H3;1-2H3. The second-order valence-corrected chi connectivity index (χ2v) is 3.24. The van der Waals surface area contributed by atoms with Crippen LogP contribution in [0.5, 0.6) is 0 Å². The Morgan fingerprint density at radius 1 is 1.13 bits per heavy atom. The van der Waals surface area contributed by atoms with Crippen LogP contribution in [0.4, 0.5) is 0 Å². The van der Waals surface area contributed by atoms with Gasteiger partial charge in [0.05, 0.1) is 5.69 Å². The van der Waals surface area contributed by atoms with Crippen LogP contribution < -0.4 is 0 Å². The normalized spacial score (nSPS) is 9.33. The Balaban J connectivity index is 0.000000531. The number of benzene rings is 1. The fourth-order valence-electron chi connectivity index (χ4n) is 1.47. The summed E-state index contributed by atoms with van der Waals surface area (Å²) < 4.78 is 1.88. The maximum absolute atomic E-state index is 4.19. The summed E-state index contributed by atoms with van der Waals surface area (Å²) in [5, 5.41) is 4.19. The number of hydrogen-bond donors (Lipinski definition) is 0. The van der Waals surface area contributed by atoms with Gasteiger partial charge in [-0.3, -0.25) is 0 Å². The maximum atomic E-state index is 4.19. The lowest BCUT2D eigenvalue weighted by molar-refractivity contribution is 0.872. The van der Waals surface area contributed by atoms with Crippen molar-refractivity contribution in [2.75, 3.05) is 0 Å². The average Bonchev–Trinajstić information content (AvgIpc) is 2.74. The van der Waals surface area contributed by atoms with Crippen molar-refractivity contribution < 1.29 is 0 Å². The van der Waals surface area contributed by atoms with E-state index >= 15 is 0 Å². The van der Waals surface area contributed by atoms with Crippen molar-refractivity contribution in [1.29, 1.82) is 0 Å². The van der Waals surface area contributed by atoms with E-state index in [4.69, 9.17) is 0 Å². The van der Waals surface area contributed by atoms with E-state index in [9.17, 15) is 0 Å². The van der Waals surface area contributed by atoms with Crippen LogP contribution in [0.3, 0.4) is 0 Å². The van der Waals surface area contributed by atoms with Crippen LogP contribution in [0.2, 0.25) is 0 Å². The Labute approximate surface area is 91.6 Å². The molecule has 2 heteroatoms. The molecule has 0 radical (unpaired) electrons. The van der Waals surface area contributed by atoms with Gasteiger partial charge in [0, 0.05) is 12.4 Å². The van der Waals surface area contributed by atoms with Crippen molar-refractivity contribution in [1.82, 2.24) is 9.78 Å². The predicted molar refractivity (Wildman–Crippen MR) is 64.4 cm³/mol. The topological polar surface area (TPSA) is 17.8 Å². The molecule has 0 amide bonds. The largest absolute Gasteiger partial charge is 0.241 e. The van der Waals surface area contributed by atoms with E-state index in [2.05, 4.69) is 37.1 Å². The van der Waals surface area contributed by atoms with E-state index in [1.165, 1.54) is 11.1 Å². The summed E-state index contributed by atoms with van der Waals surface area (Å²) in [5.74, 6) is 0. The van der Waals surface area contributed by atoms with E-state index in [0.717, 1.165) is 5.69 Å². The minimum atomic E-state index is 1.15. The fourth-order valence-corrected chi connectivity index (χ4v) is 1.47. The molecule has 0 aliphatic carbocycles. The molecule has 80 valence electrons. The molecule has 2 nitrogen and oxygen atoms in total. The van der Waals surface area contributed by atoms with E-state index in [-0.39, 0.29) is 0 Å². The monoisotopic (exact) mass is 202 g/mol. The molecular weight excluding hydrogens is 184 g/mol. The number of aryl methyl sites for hydroxylation is 2. The number of nitrogens with zero attached hydrogens (tertiary/aromatic N) is 2. The molecule has 0 unspecified atom stereocenters. The van der Waals surface area contributed by atoms with Gasteiger partial charge in [0.25, 0.3) is 0 Å². The molecule has 0 spiro atoms. The minimum Gasteiger partial charge on any atom is -0.241 e. The number of hydrogen-bond acceptors (Lipinski definition) is 1. The van der Waals surface area contributed by atoms with Gasteiger partial charge in [0.1, 0.15) is 0 Å². The molecule has 0 bridgehead atoms. The van der Waals surface area contributed by atoms with Gasteiger partial charge < -0.3 is 0 Å². The summed E-state index contributed by atoms with van der Waals surface area (Å²) in [7, 11) is 0. The third-order valence-electron chi connectivity index (χ3n) is 2.10. The molecule has 0 atom stereocenters. The van der Waals surface area contributed by atoms with E-state index in [0.29, 0.717) is 0 Å². The van der Waals surface area contributed by atoms with Crippen molar-refractivity contribution in [3.63, 3.8) is 0 Å². The van der Waals surface area contributed by atoms with Gasteiger partial charge in [0.15, 0.2) is 0 Å². The predicted octanol–water partition coefficient (Wildman–Crippen LogP) is 3.52. The summed E-state index contributed by atoms with van der Waals surface area (Å²) >= 11 is 0. The lowest BCUT2D eigenvalue weighted by Crippen LogP contribution is -1.97. The van der Waals surface area contributed by atoms with Gasteiger partial charge in [-0.05, 0) is 31.5 Å². The smallest absolute Gasteiger partial charge is 0.0674 e. The molecule has 1 aromatic carbocycles. The number of aromatic nitrogens is 2. The van der Waals surface area contributed by atoms with Crippen LogP contribution in [0.25, 0.3) is 5.69 Å². The first-order valence-corrected chi connectivity index (χ1v) is 5.34.